The first-order chi connectivity index (χ1) is 7.83. The van der Waals surface area contributed by atoms with Crippen molar-refractivity contribution in [1.82, 2.24) is 4.41 Å². The van der Waals surface area contributed by atoms with E-state index in [0.717, 1.165) is 16.2 Å². The van der Waals surface area contributed by atoms with Gasteiger partial charge < -0.3 is 0 Å². The van der Waals surface area contributed by atoms with Crippen LogP contribution in [-0.4, -0.2) is 54.8 Å². The number of alkyl halides is 2. The van der Waals surface area contributed by atoms with Crippen molar-refractivity contribution in [3.63, 3.8) is 0 Å². The molecule has 0 radical (unpaired) electrons. The Balaban J connectivity index is 2.90. The van der Waals surface area contributed by atoms with Gasteiger partial charge in [-0.15, -0.1) is 28.3 Å². The van der Waals surface area contributed by atoms with E-state index in [1.54, 1.807) is 0 Å². The van der Waals surface area contributed by atoms with Crippen molar-refractivity contribution in [3.05, 3.63) is 0 Å². The van der Waals surface area contributed by atoms with Crippen LogP contribution < -0.4 is 0 Å². The quantitative estimate of drug-likeness (QED) is 0.680. The van der Waals surface area contributed by atoms with Gasteiger partial charge in [0.2, 0.25) is 14.2 Å². The molecule has 100 valence electrons. The molecule has 0 amide bonds. The zero-order chi connectivity index (χ0) is 13.1. The third-order valence-corrected chi connectivity index (χ3v) is 7.50. The molecule has 17 heavy (non-hydrogen) atoms. The summed E-state index contributed by atoms with van der Waals surface area (Å²) in [7, 11) is -7.20. The highest BCUT2D eigenvalue weighted by Gasteiger charge is 2.32. The second-order valence-corrected chi connectivity index (χ2v) is 8.94. The lowest BCUT2D eigenvalue weighted by atomic mass is 11.0. The van der Waals surface area contributed by atoms with Gasteiger partial charge in [0.05, 0.1) is 11.5 Å². The van der Waals surface area contributed by atoms with Crippen LogP contribution in [0.2, 0.25) is 0 Å². The zero-order valence-corrected chi connectivity index (χ0v) is 12.5. The van der Waals surface area contributed by atoms with E-state index in [2.05, 4.69) is 5.10 Å². The van der Waals surface area contributed by atoms with Crippen LogP contribution in [0.15, 0.2) is 5.10 Å². The molecule has 0 aromatic heterocycles. The van der Waals surface area contributed by atoms with E-state index < -0.39 is 19.9 Å². The third-order valence-electron chi connectivity index (χ3n) is 1.76. The number of hydrazone groups is 1. The first-order valence-electron chi connectivity index (χ1n) is 4.40. The van der Waals surface area contributed by atoms with E-state index in [-0.39, 0.29) is 33.5 Å². The van der Waals surface area contributed by atoms with Gasteiger partial charge in [-0.1, -0.05) is 11.8 Å². The van der Waals surface area contributed by atoms with Crippen LogP contribution in [0.3, 0.4) is 0 Å². The van der Waals surface area contributed by atoms with E-state index in [1.807, 2.05) is 0 Å². The van der Waals surface area contributed by atoms with Crippen LogP contribution in [0.5, 0.6) is 0 Å². The molecule has 0 unspecified atom stereocenters. The number of rotatable bonds is 5. The molecule has 0 aromatic carbocycles. The van der Waals surface area contributed by atoms with Gasteiger partial charge in [0.1, 0.15) is 5.88 Å². The molecule has 1 aliphatic rings. The molecule has 6 nitrogen and oxygen atoms in total. The third kappa shape index (κ3) is 3.88. The maximum Gasteiger partial charge on any atom is 0.251 e. The number of nitrogens with zero attached hydrogens (tertiary/aromatic N) is 2. The normalized spacial score (nSPS) is 17.3. The molecular weight excluding hydrogens is 331 g/mol. The lowest BCUT2D eigenvalue weighted by Crippen LogP contribution is -2.26. The zero-order valence-electron chi connectivity index (χ0n) is 8.54. The maximum absolute atomic E-state index is 11.6. The average Bonchev–Trinajstić information content (AvgIpc) is 2.67. The Labute approximate surface area is 114 Å². The second-order valence-electron chi connectivity index (χ2n) is 2.97. The minimum absolute atomic E-state index is 0.0456. The van der Waals surface area contributed by atoms with Crippen LogP contribution in [0, 0.1) is 0 Å². The molecule has 0 saturated heterocycles. The molecule has 11 heteroatoms. The highest BCUT2D eigenvalue weighted by Crippen LogP contribution is 2.24. The summed E-state index contributed by atoms with van der Waals surface area (Å²) in [5, 5.41) is 3.59. The van der Waals surface area contributed by atoms with Gasteiger partial charge in [0.25, 0.3) is 10.0 Å². The van der Waals surface area contributed by atoms with E-state index in [1.165, 1.54) is 0 Å². The molecular formula is C6H10Cl2N2O4S3. The Bertz CT molecular complexity index is 501. The van der Waals surface area contributed by atoms with Gasteiger partial charge in [0.15, 0.2) is 0 Å². The van der Waals surface area contributed by atoms with Crippen molar-refractivity contribution in [1.29, 1.82) is 0 Å². The molecule has 0 atom stereocenters. The average molecular weight is 341 g/mol. The van der Waals surface area contributed by atoms with Gasteiger partial charge in [-0.25, -0.2) is 16.8 Å². The summed E-state index contributed by atoms with van der Waals surface area (Å²) < 4.78 is 46.8. The molecule has 0 spiro atoms. The second kappa shape index (κ2) is 5.96. The summed E-state index contributed by atoms with van der Waals surface area (Å²) in [6.07, 6.45) is 0. The predicted octanol–water partition coefficient (Wildman–Crippen LogP) is 0.486. The van der Waals surface area contributed by atoms with Crippen molar-refractivity contribution in [2.45, 2.75) is 0 Å². The van der Waals surface area contributed by atoms with Crippen molar-refractivity contribution in [2.24, 2.45) is 5.10 Å². The fraction of sp³-hybridized carbons (Fsp3) is 0.833. The number of sulfone groups is 1. The number of hydrogen-bond acceptors (Lipinski definition) is 6. The van der Waals surface area contributed by atoms with Crippen molar-refractivity contribution in [3.8, 4) is 0 Å². The Morgan fingerprint density at radius 1 is 1.18 bits per heavy atom. The minimum atomic E-state index is -3.62. The van der Waals surface area contributed by atoms with Gasteiger partial charge in [-0.3, -0.25) is 0 Å². The van der Waals surface area contributed by atoms with Crippen LogP contribution >= 0.6 is 35.0 Å². The molecule has 0 aromatic rings. The lowest BCUT2D eigenvalue weighted by molar-refractivity contribution is 0.487. The number of hydrogen-bond donors (Lipinski definition) is 0. The Morgan fingerprint density at radius 3 is 2.29 bits per heavy atom. The molecule has 1 heterocycles. The monoisotopic (exact) mass is 340 g/mol. The summed E-state index contributed by atoms with van der Waals surface area (Å²) in [5.41, 5.74) is 0. The van der Waals surface area contributed by atoms with E-state index >= 15 is 0 Å². The maximum atomic E-state index is 11.6. The largest absolute Gasteiger partial charge is 0.251 e. The van der Waals surface area contributed by atoms with Gasteiger partial charge in [-0.2, -0.15) is 4.41 Å². The Kier molecular flexibility index (Phi) is 5.39. The highest BCUT2D eigenvalue weighted by atomic mass is 35.5. The van der Waals surface area contributed by atoms with E-state index in [0.29, 0.717) is 0 Å². The van der Waals surface area contributed by atoms with Gasteiger partial charge in [-0.05, 0) is 0 Å². The standard InChI is InChI=1S/C6H10Cl2N2O4S3/c7-1-3-16(11,12)6-9-10(5-15-6)17(13,14)4-2-8/h1-5H2. The number of thioether (sulfide) groups is 1. The molecule has 0 bridgehead atoms. The Hall–Kier alpha value is 0.300. The fourth-order valence-corrected chi connectivity index (χ4v) is 5.82. The minimum Gasteiger partial charge on any atom is -0.221 e. The predicted molar refractivity (Wildman–Crippen MR) is 70.7 cm³/mol. The Morgan fingerprint density at radius 2 is 1.76 bits per heavy atom. The topological polar surface area (TPSA) is 83.9 Å². The van der Waals surface area contributed by atoms with Crippen LogP contribution in [0.4, 0.5) is 0 Å². The van der Waals surface area contributed by atoms with Crippen LogP contribution in [0.25, 0.3) is 0 Å². The van der Waals surface area contributed by atoms with Crippen molar-refractivity contribution in [2.75, 3.05) is 29.1 Å². The first-order valence-corrected chi connectivity index (χ1v) is 9.71. The van der Waals surface area contributed by atoms with Gasteiger partial charge in [0, 0.05) is 11.8 Å². The van der Waals surface area contributed by atoms with Crippen molar-refractivity contribution < 1.29 is 16.8 Å². The number of halogens is 2. The summed E-state index contributed by atoms with van der Waals surface area (Å²) in [6, 6.07) is 0. The van der Waals surface area contributed by atoms with Crippen molar-refractivity contribution >= 4 is 59.2 Å². The van der Waals surface area contributed by atoms with Crippen LogP contribution in [0.1, 0.15) is 0 Å². The summed E-state index contributed by atoms with van der Waals surface area (Å²) in [5.74, 6) is -0.708. The molecule has 0 aliphatic carbocycles. The molecule has 0 saturated carbocycles. The van der Waals surface area contributed by atoms with E-state index in [9.17, 15) is 16.8 Å². The summed E-state index contributed by atoms with van der Waals surface area (Å²) in [6.45, 7) is 0. The van der Waals surface area contributed by atoms with Crippen LogP contribution in [-0.2, 0) is 19.9 Å². The van der Waals surface area contributed by atoms with E-state index in [4.69, 9.17) is 23.2 Å². The molecule has 0 N–H and O–H groups in total. The fourth-order valence-electron chi connectivity index (χ4n) is 0.945. The smallest absolute Gasteiger partial charge is 0.221 e. The molecule has 1 rings (SSSR count). The first kappa shape index (κ1) is 15.4. The van der Waals surface area contributed by atoms with Gasteiger partial charge >= 0.3 is 0 Å². The molecule has 1 aliphatic heterocycles. The lowest BCUT2D eigenvalue weighted by Gasteiger charge is -2.11. The molecule has 0 fully saturated rings. The summed E-state index contributed by atoms with van der Waals surface area (Å²) in [4.78, 5) is 0. The number of sulfonamides is 1. The summed E-state index contributed by atoms with van der Waals surface area (Å²) >= 11 is 11.5. The SMILES string of the molecule is O=S(=O)(CCCl)C1=NN(S(=O)(=O)CCCl)CS1. The highest BCUT2D eigenvalue weighted by molar-refractivity contribution is 8.35.